The van der Waals surface area contributed by atoms with Gasteiger partial charge in [-0.05, 0) is 49.2 Å². The minimum Gasteiger partial charge on any atom is -0.465 e. The molecule has 144 valence electrons. The van der Waals surface area contributed by atoms with Crippen LogP contribution in [0.3, 0.4) is 0 Å². The molecule has 1 aromatic heterocycles. The average Bonchev–Trinajstić information content (AvgIpc) is 3.25. The summed E-state index contributed by atoms with van der Waals surface area (Å²) in [4.78, 5) is 26.8. The van der Waals surface area contributed by atoms with Crippen LogP contribution in [-0.4, -0.2) is 36.5 Å². The SMILES string of the molecule is COC(=O)c1ccc(CNCCC2CCC(=O)N2Cc2ccc(Cl)s2)cc1. The number of nitrogens with zero attached hydrogens (tertiary/aromatic N) is 1. The number of likely N-dealkylation sites (tertiary alicyclic amines) is 1. The highest BCUT2D eigenvalue weighted by atomic mass is 35.5. The van der Waals surface area contributed by atoms with Crippen molar-refractivity contribution in [2.24, 2.45) is 0 Å². The van der Waals surface area contributed by atoms with Crippen molar-refractivity contribution in [2.75, 3.05) is 13.7 Å². The van der Waals surface area contributed by atoms with E-state index >= 15 is 0 Å². The van der Waals surface area contributed by atoms with E-state index in [1.807, 2.05) is 29.2 Å². The van der Waals surface area contributed by atoms with Gasteiger partial charge in [-0.15, -0.1) is 11.3 Å². The Morgan fingerprint density at radius 2 is 2.07 bits per heavy atom. The molecule has 1 aromatic carbocycles. The molecule has 2 aromatic rings. The Hall–Kier alpha value is -1.89. The van der Waals surface area contributed by atoms with Crippen LogP contribution in [0.2, 0.25) is 4.34 Å². The summed E-state index contributed by atoms with van der Waals surface area (Å²) < 4.78 is 5.46. The van der Waals surface area contributed by atoms with E-state index in [0.29, 0.717) is 18.5 Å². The van der Waals surface area contributed by atoms with Gasteiger partial charge in [-0.3, -0.25) is 4.79 Å². The summed E-state index contributed by atoms with van der Waals surface area (Å²) in [5.41, 5.74) is 1.66. The average molecular weight is 407 g/mol. The van der Waals surface area contributed by atoms with E-state index in [0.717, 1.165) is 40.7 Å². The zero-order valence-corrected chi connectivity index (χ0v) is 16.8. The van der Waals surface area contributed by atoms with E-state index in [2.05, 4.69) is 5.32 Å². The molecule has 1 fully saturated rings. The number of carbonyl (C=O) groups is 2. The van der Waals surface area contributed by atoms with Gasteiger partial charge in [-0.2, -0.15) is 0 Å². The molecule has 1 N–H and O–H groups in total. The second-order valence-corrected chi connectivity index (χ2v) is 8.37. The highest BCUT2D eigenvalue weighted by Gasteiger charge is 2.30. The molecular weight excluding hydrogens is 384 g/mol. The highest BCUT2D eigenvalue weighted by Crippen LogP contribution is 2.28. The number of rotatable bonds is 8. The fourth-order valence-corrected chi connectivity index (χ4v) is 4.38. The number of halogens is 1. The first kappa shape index (κ1) is 19.9. The van der Waals surface area contributed by atoms with Crippen molar-refractivity contribution >= 4 is 34.8 Å². The van der Waals surface area contributed by atoms with Gasteiger partial charge in [0.25, 0.3) is 0 Å². The summed E-state index contributed by atoms with van der Waals surface area (Å²) >= 11 is 7.53. The number of nitrogens with one attached hydrogen (secondary N) is 1. The van der Waals surface area contributed by atoms with Crippen LogP contribution in [-0.2, 0) is 22.6 Å². The molecule has 0 radical (unpaired) electrons. The summed E-state index contributed by atoms with van der Waals surface area (Å²) in [6.07, 6.45) is 2.46. The standard InChI is InChI=1S/C20H23ClN2O3S/c1-26-20(25)15-4-2-14(3-5-15)12-22-11-10-16-6-9-19(24)23(16)13-17-7-8-18(21)27-17/h2-5,7-8,16,22H,6,9-13H2,1H3. The van der Waals surface area contributed by atoms with Gasteiger partial charge in [0.05, 0.1) is 23.6 Å². The second kappa shape index (κ2) is 9.35. The third-order valence-electron chi connectivity index (χ3n) is 4.77. The van der Waals surface area contributed by atoms with Crippen LogP contribution in [0.15, 0.2) is 36.4 Å². The number of benzene rings is 1. The van der Waals surface area contributed by atoms with Gasteiger partial charge in [-0.25, -0.2) is 4.79 Å². The van der Waals surface area contributed by atoms with Gasteiger partial charge in [0.1, 0.15) is 0 Å². The number of thiophene rings is 1. The Morgan fingerprint density at radius 1 is 1.30 bits per heavy atom. The van der Waals surface area contributed by atoms with Crippen LogP contribution in [0.5, 0.6) is 0 Å². The largest absolute Gasteiger partial charge is 0.465 e. The lowest BCUT2D eigenvalue weighted by atomic mass is 10.1. The molecule has 0 saturated carbocycles. The third-order valence-corrected chi connectivity index (χ3v) is 5.98. The third kappa shape index (κ3) is 5.31. The molecule has 2 heterocycles. The van der Waals surface area contributed by atoms with Crippen molar-refractivity contribution in [3.63, 3.8) is 0 Å². The van der Waals surface area contributed by atoms with Crippen molar-refractivity contribution in [1.29, 1.82) is 0 Å². The summed E-state index contributed by atoms with van der Waals surface area (Å²) in [5, 5.41) is 3.42. The molecule has 1 amide bonds. The summed E-state index contributed by atoms with van der Waals surface area (Å²) in [6, 6.07) is 11.5. The number of methoxy groups -OCH3 is 1. The summed E-state index contributed by atoms with van der Waals surface area (Å²) in [7, 11) is 1.38. The van der Waals surface area contributed by atoms with Crippen molar-refractivity contribution in [3.8, 4) is 0 Å². The Labute approximate surface area is 168 Å². The van der Waals surface area contributed by atoms with Crippen LogP contribution >= 0.6 is 22.9 Å². The number of esters is 1. The Morgan fingerprint density at radius 3 is 2.74 bits per heavy atom. The molecule has 1 unspecified atom stereocenters. The van der Waals surface area contributed by atoms with Gasteiger partial charge in [0.2, 0.25) is 5.91 Å². The lowest BCUT2D eigenvalue weighted by Crippen LogP contribution is -2.34. The van der Waals surface area contributed by atoms with E-state index in [4.69, 9.17) is 16.3 Å². The van der Waals surface area contributed by atoms with Gasteiger partial charge in [0.15, 0.2) is 0 Å². The van der Waals surface area contributed by atoms with Gasteiger partial charge in [0, 0.05) is 23.9 Å². The molecule has 7 heteroatoms. The quantitative estimate of drug-likeness (QED) is 0.534. The lowest BCUT2D eigenvalue weighted by Gasteiger charge is -2.24. The molecule has 0 bridgehead atoms. The normalized spacial score (nSPS) is 16.7. The van der Waals surface area contributed by atoms with E-state index in [9.17, 15) is 9.59 Å². The molecule has 0 spiro atoms. The van der Waals surface area contributed by atoms with Crippen molar-refractivity contribution < 1.29 is 14.3 Å². The van der Waals surface area contributed by atoms with E-state index < -0.39 is 0 Å². The number of amides is 1. The maximum Gasteiger partial charge on any atom is 0.337 e. The Kier molecular flexibility index (Phi) is 6.88. The molecule has 5 nitrogen and oxygen atoms in total. The Balaban J connectivity index is 1.45. The fourth-order valence-electron chi connectivity index (χ4n) is 3.29. The van der Waals surface area contributed by atoms with Crippen LogP contribution < -0.4 is 5.32 Å². The number of hydrogen-bond donors (Lipinski definition) is 1. The number of hydrogen-bond acceptors (Lipinski definition) is 5. The van der Waals surface area contributed by atoms with Crippen molar-refractivity contribution in [2.45, 2.75) is 38.4 Å². The molecule has 3 rings (SSSR count). The van der Waals surface area contributed by atoms with Crippen LogP contribution in [0.4, 0.5) is 0 Å². The minimum atomic E-state index is -0.326. The maximum atomic E-state index is 12.2. The molecular formula is C20H23ClN2O3S. The highest BCUT2D eigenvalue weighted by molar-refractivity contribution is 7.16. The Bertz CT molecular complexity index is 791. The smallest absolute Gasteiger partial charge is 0.337 e. The van der Waals surface area contributed by atoms with Gasteiger partial charge >= 0.3 is 5.97 Å². The second-order valence-electron chi connectivity index (χ2n) is 6.57. The van der Waals surface area contributed by atoms with Crippen LogP contribution in [0.25, 0.3) is 0 Å². The summed E-state index contributed by atoms with van der Waals surface area (Å²) in [6.45, 7) is 2.21. The maximum absolute atomic E-state index is 12.2. The molecule has 1 saturated heterocycles. The predicted octanol–water partition coefficient (Wildman–Crippen LogP) is 3.86. The van der Waals surface area contributed by atoms with Crippen molar-refractivity contribution in [3.05, 3.63) is 56.7 Å². The zero-order valence-electron chi connectivity index (χ0n) is 15.2. The minimum absolute atomic E-state index is 0.225. The lowest BCUT2D eigenvalue weighted by molar-refractivity contribution is -0.129. The first-order valence-electron chi connectivity index (χ1n) is 8.98. The van der Waals surface area contributed by atoms with Crippen LogP contribution in [0.1, 0.15) is 40.1 Å². The first-order valence-corrected chi connectivity index (χ1v) is 10.2. The molecule has 27 heavy (non-hydrogen) atoms. The molecule has 1 aliphatic rings. The van der Waals surface area contributed by atoms with Gasteiger partial charge in [-0.1, -0.05) is 23.7 Å². The monoisotopic (exact) mass is 406 g/mol. The summed E-state index contributed by atoms with van der Waals surface area (Å²) in [5.74, 6) is -0.101. The molecule has 1 atom stereocenters. The fraction of sp³-hybridized carbons (Fsp3) is 0.400. The van der Waals surface area contributed by atoms with E-state index in [1.165, 1.54) is 18.4 Å². The molecule has 0 aliphatic carbocycles. The van der Waals surface area contributed by atoms with Crippen LogP contribution in [0, 0.1) is 0 Å². The van der Waals surface area contributed by atoms with Gasteiger partial charge < -0.3 is 15.0 Å². The predicted molar refractivity (Wildman–Crippen MR) is 107 cm³/mol. The number of ether oxygens (including phenoxy) is 1. The number of carbonyl (C=O) groups excluding carboxylic acids is 2. The van der Waals surface area contributed by atoms with Crippen molar-refractivity contribution in [1.82, 2.24) is 10.2 Å². The molecule has 1 aliphatic heterocycles. The topological polar surface area (TPSA) is 58.6 Å². The first-order chi connectivity index (χ1) is 13.1. The van der Waals surface area contributed by atoms with E-state index in [-0.39, 0.29) is 17.9 Å². The zero-order chi connectivity index (χ0) is 19.2. The van der Waals surface area contributed by atoms with E-state index in [1.54, 1.807) is 12.1 Å².